The van der Waals surface area contributed by atoms with E-state index < -0.39 is 0 Å². The number of ketones is 1. The van der Waals surface area contributed by atoms with E-state index in [1.165, 1.54) is 11.1 Å². The zero-order chi connectivity index (χ0) is 16.4. The molecule has 1 heterocycles. The van der Waals surface area contributed by atoms with Gasteiger partial charge in [0.05, 0.1) is 12.6 Å². The first-order valence-electron chi connectivity index (χ1n) is 7.94. The Hall–Kier alpha value is -2.42. The van der Waals surface area contributed by atoms with Crippen molar-refractivity contribution in [3.8, 4) is 5.75 Å². The molecule has 1 aliphatic heterocycles. The van der Waals surface area contributed by atoms with Crippen molar-refractivity contribution in [2.24, 2.45) is 4.99 Å². The van der Waals surface area contributed by atoms with Gasteiger partial charge in [-0.25, -0.2) is 0 Å². The molecule has 0 saturated heterocycles. The first-order chi connectivity index (χ1) is 11.1. The van der Waals surface area contributed by atoms with Gasteiger partial charge >= 0.3 is 0 Å². The van der Waals surface area contributed by atoms with Crippen LogP contribution in [0.3, 0.4) is 0 Å². The lowest BCUT2D eigenvalue weighted by Gasteiger charge is -2.24. The summed E-state index contributed by atoms with van der Waals surface area (Å²) in [5.74, 6) is 0.841. The minimum absolute atomic E-state index is 0.0538. The van der Waals surface area contributed by atoms with Crippen molar-refractivity contribution in [1.29, 1.82) is 0 Å². The van der Waals surface area contributed by atoms with Crippen LogP contribution in [0.5, 0.6) is 5.75 Å². The van der Waals surface area contributed by atoms with Crippen molar-refractivity contribution in [2.75, 3.05) is 6.61 Å². The summed E-state index contributed by atoms with van der Waals surface area (Å²) in [7, 11) is 0. The molecule has 2 aromatic rings. The Balaban J connectivity index is 1.96. The van der Waals surface area contributed by atoms with Gasteiger partial charge in [-0.15, -0.1) is 0 Å². The third kappa shape index (κ3) is 3.19. The number of ether oxygens (including phenoxy) is 1. The highest BCUT2D eigenvalue weighted by Gasteiger charge is 2.22. The molecule has 0 fully saturated rings. The van der Waals surface area contributed by atoms with Crippen molar-refractivity contribution in [3.05, 3.63) is 64.7 Å². The smallest absolute Gasteiger partial charge is 0.159 e. The van der Waals surface area contributed by atoms with Crippen LogP contribution in [0.25, 0.3) is 0 Å². The van der Waals surface area contributed by atoms with Crippen LogP contribution in [-0.2, 0) is 0 Å². The fourth-order valence-electron chi connectivity index (χ4n) is 3.01. The summed E-state index contributed by atoms with van der Waals surface area (Å²) in [6.07, 6.45) is 0.857. The maximum atomic E-state index is 11.5. The fourth-order valence-corrected chi connectivity index (χ4v) is 3.01. The summed E-state index contributed by atoms with van der Waals surface area (Å²) in [5, 5.41) is 0. The molecule has 0 spiro atoms. The normalized spacial score (nSPS) is 17.3. The number of carbonyl (C=O) groups is 1. The van der Waals surface area contributed by atoms with Gasteiger partial charge in [0.1, 0.15) is 5.75 Å². The predicted octanol–water partition coefficient (Wildman–Crippen LogP) is 4.53. The molecular formula is C20H21NO2. The number of carbonyl (C=O) groups excluding carboxylic acids is 1. The molecule has 0 amide bonds. The Morgan fingerprint density at radius 3 is 2.70 bits per heavy atom. The van der Waals surface area contributed by atoms with Crippen LogP contribution in [0.15, 0.2) is 47.5 Å². The second-order valence-corrected chi connectivity index (χ2v) is 5.99. The molecule has 1 unspecified atom stereocenters. The molecule has 3 nitrogen and oxygen atoms in total. The van der Waals surface area contributed by atoms with Gasteiger partial charge < -0.3 is 4.74 Å². The highest BCUT2D eigenvalue weighted by molar-refractivity contribution is 6.00. The Bertz CT molecular complexity index is 777. The van der Waals surface area contributed by atoms with E-state index >= 15 is 0 Å². The third-order valence-corrected chi connectivity index (χ3v) is 4.31. The number of hydrogen-bond acceptors (Lipinski definition) is 3. The summed E-state index contributed by atoms with van der Waals surface area (Å²) in [6, 6.07) is 14.0. The van der Waals surface area contributed by atoms with E-state index in [0.717, 1.165) is 23.4 Å². The quantitative estimate of drug-likeness (QED) is 0.617. The molecular weight excluding hydrogens is 286 g/mol. The van der Waals surface area contributed by atoms with Gasteiger partial charge in [0.15, 0.2) is 5.78 Å². The van der Waals surface area contributed by atoms with Gasteiger partial charge in [-0.05, 0) is 38.0 Å². The van der Waals surface area contributed by atoms with E-state index in [4.69, 9.17) is 9.73 Å². The molecule has 3 rings (SSSR count). The van der Waals surface area contributed by atoms with Crippen LogP contribution in [0, 0.1) is 6.92 Å². The van der Waals surface area contributed by atoms with Gasteiger partial charge in [-0.2, -0.15) is 0 Å². The lowest BCUT2D eigenvalue weighted by atomic mass is 9.97. The van der Waals surface area contributed by atoms with E-state index in [2.05, 4.69) is 26.0 Å². The van der Waals surface area contributed by atoms with Gasteiger partial charge in [0, 0.05) is 23.3 Å². The SMILES string of the molecule is CC(=O)c1ccc2c(c1)OCCC2N=C(C)c1ccccc1C. The Morgan fingerprint density at radius 2 is 1.96 bits per heavy atom. The van der Waals surface area contributed by atoms with Gasteiger partial charge in [0.2, 0.25) is 0 Å². The van der Waals surface area contributed by atoms with E-state index in [1.807, 2.05) is 30.3 Å². The minimum atomic E-state index is 0.0538. The standard InChI is InChI=1S/C20H21NO2/c1-13-6-4-5-7-17(13)14(2)21-19-10-11-23-20-12-16(15(3)22)8-9-18(19)20/h4-9,12,19H,10-11H2,1-3H3. The molecule has 1 atom stereocenters. The number of hydrogen-bond donors (Lipinski definition) is 0. The van der Waals surface area contributed by atoms with E-state index in [-0.39, 0.29) is 11.8 Å². The Kier molecular flexibility index (Phi) is 4.28. The van der Waals surface area contributed by atoms with E-state index in [0.29, 0.717) is 12.2 Å². The number of Topliss-reactive ketones (excluding diaryl/α,β-unsaturated/α-hetero) is 1. The number of rotatable bonds is 3. The lowest BCUT2D eigenvalue weighted by Crippen LogP contribution is -2.15. The topological polar surface area (TPSA) is 38.7 Å². The third-order valence-electron chi connectivity index (χ3n) is 4.31. The van der Waals surface area contributed by atoms with Gasteiger partial charge in [-0.1, -0.05) is 36.4 Å². The first kappa shape index (κ1) is 15.5. The molecule has 2 aromatic carbocycles. The molecule has 0 N–H and O–H groups in total. The van der Waals surface area contributed by atoms with Crippen LogP contribution in [0.2, 0.25) is 0 Å². The molecule has 1 aliphatic rings. The van der Waals surface area contributed by atoms with Crippen LogP contribution in [0.1, 0.15) is 53.4 Å². The van der Waals surface area contributed by atoms with Crippen molar-refractivity contribution < 1.29 is 9.53 Å². The summed E-state index contributed by atoms with van der Waals surface area (Å²) in [5.41, 5.74) is 5.20. The summed E-state index contributed by atoms with van der Waals surface area (Å²) in [4.78, 5) is 16.5. The van der Waals surface area contributed by atoms with E-state index in [1.54, 1.807) is 6.92 Å². The highest BCUT2D eigenvalue weighted by atomic mass is 16.5. The zero-order valence-corrected chi connectivity index (χ0v) is 13.8. The second kappa shape index (κ2) is 6.37. The van der Waals surface area contributed by atoms with Crippen LogP contribution < -0.4 is 4.74 Å². The molecule has 0 aliphatic carbocycles. The number of fused-ring (bicyclic) bond motifs is 1. The monoisotopic (exact) mass is 307 g/mol. The van der Waals surface area contributed by atoms with Gasteiger partial charge in [0.25, 0.3) is 0 Å². The average molecular weight is 307 g/mol. The van der Waals surface area contributed by atoms with Crippen LogP contribution in [0.4, 0.5) is 0 Å². The number of aliphatic imine (C=N–C) groups is 1. The van der Waals surface area contributed by atoms with Crippen molar-refractivity contribution in [3.63, 3.8) is 0 Å². The maximum absolute atomic E-state index is 11.5. The van der Waals surface area contributed by atoms with Crippen LogP contribution in [-0.4, -0.2) is 18.1 Å². The Morgan fingerprint density at radius 1 is 1.17 bits per heavy atom. The zero-order valence-electron chi connectivity index (χ0n) is 13.8. The van der Waals surface area contributed by atoms with Crippen molar-refractivity contribution in [2.45, 2.75) is 33.2 Å². The molecule has 0 radical (unpaired) electrons. The van der Waals surface area contributed by atoms with Crippen molar-refractivity contribution in [1.82, 2.24) is 0 Å². The van der Waals surface area contributed by atoms with Crippen molar-refractivity contribution >= 4 is 11.5 Å². The molecule has 23 heavy (non-hydrogen) atoms. The first-order valence-corrected chi connectivity index (χ1v) is 7.94. The fraction of sp³-hybridized carbons (Fsp3) is 0.300. The Labute approximate surface area is 137 Å². The molecule has 118 valence electrons. The number of aryl methyl sites for hydroxylation is 1. The largest absolute Gasteiger partial charge is 0.493 e. The van der Waals surface area contributed by atoms with Gasteiger partial charge in [-0.3, -0.25) is 9.79 Å². The molecule has 0 bridgehead atoms. The number of benzene rings is 2. The summed E-state index contributed by atoms with van der Waals surface area (Å²) >= 11 is 0. The molecule has 0 aromatic heterocycles. The van der Waals surface area contributed by atoms with E-state index in [9.17, 15) is 4.79 Å². The molecule has 3 heteroatoms. The average Bonchev–Trinajstić information content (AvgIpc) is 2.55. The van der Waals surface area contributed by atoms with Crippen LogP contribution >= 0.6 is 0 Å². The minimum Gasteiger partial charge on any atom is -0.493 e. The highest BCUT2D eigenvalue weighted by Crippen LogP contribution is 2.35. The lowest BCUT2D eigenvalue weighted by molar-refractivity contribution is 0.101. The predicted molar refractivity (Wildman–Crippen MR) is 92.7 cm³/mol. The number of nitrogens with zero attached hydrogens (tertiary/aromatic N) is 1. The maximum Gasteiger partial charge on any atom is 0.159 e. The second-order valence-electron chi connectivity index (χ2n) is 5.99. The summed E-state index contributed by atoms with van der Waals surface area (Å²) in [6.45, 7) is 6.36. The summed E-state index contributed by atoms with van der Waals surface area (Å²) < 4.78 is 5.73. The molecule has 0 saturated carbocycles.